The molecule has 5 heteroatoms. The topological polar surface area (TPSA) is 65.0 Å². The van der Waals surface area contributed by atoms with Crippen LogP contribution in [0.5, 0.6) is 0 Å². The van der Waals surface area contributed by atoms with Crippen LogP contribution < -0.4 is 0 Å². The van der Waals surface area contributed by atoms with Gasteiger partial charge >= 0.3 is 12.1 Å². The molecule has 5 nitrogen and oxygen atoms in total. The predicted molar refractivity (Wildman–Crippen MR) is 61.8 cm³/mol. The van der Waals surface area contributed by atoms with E-state index >= 15 is 0 Å². The largest absolute Gasteiger partial charge is 0.465 e. The third-order valence-corrected chi connectivity index (χ3v) is 1.94. The second kappa shape index (κ2) is 6.42. The minimum absolute atomic E-state index is 0.0365. The average Bonchev–Trinajstić information content (AvgIpc) is 2.36. The molecular formula is C12H13NO4. The van der Waals surface area contributed by atoms with E-state index in [1.165, 1.54) is 14.0 Å². The van der Waals surface area contributed by atoms with Crippen LogP contribution in [0.4, 0.5) is 4.79 Å². The number of carbonyl (C=O) groups excluding carboxylic acids is 2. The van der Waals surface area contributed by atoms with Crippen LogP contribution in [0.25, 0.3) is 0 Å². The molecule has 0 aromatic heterocycles. The maximum atomic E-state index is 11.2. The summed E-state index contributed by atoms with van der Waals surface area (Å²) in [6, 6.07) is 9.19. The highest BCUT2D eigenvalue weighted by Gasteiger charge is 2.08. The maximum absolute atomic E-state index is 11.2. The molecule has 0 fully saturated rings. The van der Waals surface area contributed by atoms with Gasteiger partial charge in [0, 0.05) is 0 Å². The highest BCUT2D eigenvalue weighted by molar-refractivity contribution is 6.36. The molecule has 0 N–H and O–H groups in total. The number of carbonyl (C=O) groups is 2. The number of aliphatic imine (C=N–C) groups is 1. The second-order valence-corrected chi connectivity index (χ2v) is 3.23. The van der Waals surface area contributed by atoms with Crippen molar-refractivity contribution in [2.75, 3.05) is 7.11 Å². The lowest BCUT2D eigenvalue weighted by atomic mass is 10.2. The Balaban J connectivity index is 2.48. The van der Waals surface area contributed by atoms with Crippen LogP contribution in [0.2, 0.25) is 0 Å². The molecule has 0 unspecified atom stereocenters. The number of hydrogen-bond acceptors (Lipinski definition) is 4. The summed E-state index contributed by atoms with van der Waals surface area (Å²) in [6.45, 7) is 1.51. The molecule has 0 heterocycles. The van der Waals surface area contributed by atoms with Gasteiger partial charge in [-0.25, -0.2) is 9.59 Å². The van der Waals surface area contributed by atoms with E-state index in [2.05, 4.69) is 9.73 Å². The fourth-order valence-electron chi connectivity index (χ4n) is 1.08. The van der Waals surface area contributed by atoms with Gasteiger partial charge in [-0.1, -0.05) is 30.3 Å². The van der Waals surface area contributed by atoms with Crippen LogP contribution in [0.15, 0.2) is 35.3 Å². The Bertz CT molecular complexity index is 425. The zero-order valence-electron chi connectivity index (χ0n) is 9.67. The molecule has 0 aliphatic rings. The van der Waals surface area contributed by atoms with Crippen molar-refractivity contribution >= 4 is 17.8 Å². The van der Waals surface area contributed by atoms with Crippen molar-refractivity contribution in [1.82, 2.24) is 0 Å². The maximum Gasteiger partial charge on any atom is 0.434 e. The second-order valence-electron chi connectivity index (χ2n) is 3.23. The van der Waals surface area contributed by atoms with Crippen LogP contribution in [-0.4, -0.2) is 24.9 Å². The summed E-state index contributed by atoms with van der Waals surface area (Å²) >= 11 is 0. The quantitative estimate of drug-likeness (QED) is 0.593. The minimum Gasteiger partial charge on any atom is -0.465 e. The highest BCUT2D eigenvalue weighted by atomic mass is 16.5. The van der Waals surface area contributed by atoms with Gasteiger partial charge in [0.1, 0.15) is 12.3 Å². The molecule has 0 spiro atoms. The first-order chi connectivity index (χ1) is 8.13. The Morgan fingerprint density at radius 1 is 1.24 bits per heavy atom. The Hall–Kier alpha value is -2.17. The molecule has 0 radical (unpaired) electrons. The van der Waals surface area contributed by atoms with Crippen LogP contribution in [0.3, 0.4) is 0 Å². The molecule has 1 aromatic rings. The number of nitrogens with zero attached hydrogens (tertiary/aromatic N) is 1. The van der Waals surface area contributed by atoms with Gasteiger partial charge in [-0.3, -0.25) is 0 Å². The molecule has 1 rings (SSSR count). The first kappa shape index (κ1) is 12.9. The van der Waals surface area contributed by atoms with E-state index in [0.29, 0.717) is 0 Å². The third kappa shape index (κ3) is 4.46. The highest BCUT2D eigenvalue weighted by Crippen LogP contribution is 2.01. The summed E-state index contributed by atoms with van der Waals surface area (Å²) in [5.74, 6) is -0.651. The molecule has 1 amide bonds. The van der Waals surface area contributed by atoms with Crippen LogP contribution in [0.1, 0.15) is 12.5 Å². The fraction of sp³-hybridized carbons (Fsp3) is 0.250. The molecule has 1 aromatic carbocycles. The number of esters is 1. The molecule has 17 heavy (non-hydrogen) atoms. The standard InChI is InChI=1S/C12H13NO4/c1-9(11(14)16-2)13-12(15)17-8-10-6-4-3-5-7-10/h3-7H,8H2,1-2H3. The lowest BCUT2D eigenvalue weighted by Crippen LogP contribution is -2.14. The van der Waals surface area contributed by atoms with Gasteiger partial charge in [-0.15, -0.1) is 0 Å². The molecule has 0 atom stereocenters. The number of methoxy groups -OCH3 is 1. The van der Waals surface area contributed by atoms with Crippen molar-refractivity contribution < 1.29 is 19.1 Å². The fourth-order valence-corrected chi connectivity index (χ4v) is 1.08. The lowest BCUT2D eigenvalue weighted by molar-refractivity contribution is -0.132. The summed E-state index contributed by atoms with van der Waals surface area (Å²) in [5.41, 5.74) is 0.817. The van der Waals surface area contributed by atoms with Crippen molar-refractivity contribution in [3.05, 3.63) is 35.9 Å². The van der Waals surface area contributed by atoms with E-state index in [-0.39, 0.29) is 12.3 Å². The van der Waals surface area contributed by atoms with Gasteiger partial charge in [0.15, 0.2) is 0 Å². The van der Waals surface area contributed by atoms with Gasteiger partial charge < -0.3 is 9.47 Å². The summed E-state index contributed by atoms with van der Waals surface area (Å²) in [5, 5.41) is 0. The number of ether oxygens (including phenoxy) is 2. The minimum atomic E-state index is -0.809. The smallest absolute Gasteiger partial charge is 0.434 e. The first-order valence-electron chi connectivity index (χ1n) is 4.97. The molecule has 0 aliphatic carbocycles. The van der Waals surface area contributed by atoms with Crippen molar-refractivity contribution in [3.8, 4) is 0 Å². The van der Waals surface area contributed by atoms with E-state index in [0.717, 1.165) is 5.56 Å². The molecule has 0 saturated carbocycles. The zero-order valence-corrected chi connectivity index (χ0v) is 9.67. The molecule has 0 saturated heterocycles. The summed E-state index contributed by atoms with van der Waals surface area (Å²) < 4.78 is 9.26. The van der Waals surface area contributed by atoms with Gasteiger partial charge in [-0.2, -0.15) is 4.99 Å². The van der Waals surface area contributed by atoms with Crippen LogP contribution >= 0.6 is 0 Å². The zero-order chi connectivity index (χ0) is 12.7. The Kier molecular flexibility index (Phi) is 4.87. The normalized spacial score (nSPS) is 10.8. The molecule has 0 aliphatic heterocycles. The SMILES string of the molecule is COC(=O)C(C)=NC(=O)OCc1ccccc1. The van der Waals surface area contributed by atoms with Crippen molar-refractivity contribution in [1.29, 1.82) is 0 Å². The monoisotopic (exact) mass is 235 g/mol. The number of hydrogen-bond donors (Lipinski definition) is 0. The van der Waals surface area contributed by atoms with Crippen molar-refractivity contribution in [3.63, 3.8) is 0 Å². The molecular weight excluding hydrogens is 222 g/mol. The first-order valence-corrected chi connectivity index (χ1v) is 4.97. The van der Waals surface area contributed by atoms with Crippen molar-refractivity contribution in [2.24, 2.45) is 4.99 Å². The average molecular weight is 235 g/mol. The summed E-state index contributed by atoms with van der Waals surface area (Å²) in [7, 11) is 1.22. The van der Waals surface area contributed by atoms with Gasteiger partial charge in [0.25, 0.3) is 0 Å². The Morgan fingerprint density at radius 3 is 2.47 bits per heavy atom. The van der Waals surface area contributed by atoms with Gasteiger partial charge in [-0.05, 0) is 12.5 Å². The number of benzene rings is 1. The van der Waals surface area contributed by atoms with E-state index < -0.39 is 12.1 Å². The Morgan fingerprint density at radius 2 is 1.88 bits per heavy atom. The van der Waals surface area contributed by atoms with E-state index in [1.54, 1.807) is 0 Å². The van der Waals surface area contributed by atoms with Gasteiger partial charge in [0.05, 0.1) is 7.11 Å². The summed E-state index contributed by atoms with van der Waals surface area (Å²) in [4.78, 5) is 25.6. The molecule has 90 valence electrons. The van der Waals surface area contributed by atoms with E-state index in [1.807, 2.05) is 30.3 Å². The molecule has 0 bridgehead atoms. The van der Waals surface area contributed by atoms with Crippen LogP contribution in [-0.2, 0) is 20.9 Å². The van der Waals surface area contributed by atoms with E-state index in [4.69, 9.17) is 4.74 Å². The number of rotatable bonds is 3. The van der Waals surface area contributed by atoms with Crippen LogP contribution in [0, 0.1) is 0 Å². The number of amides is 1. The third-order valence-electron chi connectivity index (χ3n) is 1.94. The predicted octanol–water partition coefficient (Wildman–Crippen LogP) is 1.96. The van der Waals surface area contributed by atoms with Gasteiger partial charge in [0.2, 0.25) is 0 Å². The van der Waals surface area contributed by atoms with E-state index in [9.17, 15) is 9.59 Å². The van der Waals surface area contributed by atoms with Crippen molar-refractivity contribution in [2.45, 2.75) is 13.5 Å². The lowest BCUT2D eigenvalue weighted by Gasteiger charge is -2.02. The summed E-state index contributed by atoms with van der Waals surface area (Å²) in [6.07, 6.45) is -0.809. The Labute approximate surface area is 99.1 Å².